The minimum atomic E-state index is -0.947. The highest BCUT2D eigenvalue weighted by atomic mass is 16.6. The molecule has 4 rings (SSSR count). The number of ether oxygens (including phenoxy) is 3. The van der Waals surface area contributed by atoms with Gasteiger partial charge >= 0.3 is 5.97 Å². The fraction of sp³-hybridized carbons (Fsp3) is 0.645. The van der Waals surface area contributed by atoms with Crippen LogP contribution in [0.4, 0.5) is 0 Å². The average molecular weight is 513 g/mol. The van der Waals surface area contributed by atoms with Crippen molar-refractivity contribution < 1.29 is 29.2 Å². The summed E-state index contributed by atoms with van der Waals surface area (Å²) >= 11 is 0. The zero-order valence-electron chi connectivity index (χ0n) is 22.3. The smallest absolute Gasteiger partial charge is 0.330 e. The van der Waals surface area contributed by atoms with Crippen molar-refractivity contribution >= 4 is 5.97 Å². The van der Waals surface area contributed by atoms with E-state index >= 15 is 0 Å². The van der Waals surface area contributed by atoms with Crippen LogP contribution in [0.1, 0.15) is 71.6 Å². The number of carbonyl (C=O) groups excluding carboxylic acids is 1. The summed E-state index contributed by atoms with van der Waals surface area (Å²) in [4.78, 5) is 12.7. The highest BCUT2D eigenvalue weighted by molar-refractivity contribution is 5.82. The molecule has 0 saturated carbocycles. The average Bonchev–Trinajstić information content (AvgIpc) is 3.61. The number of fused-ring (bicyclic) bond motifs is 3. The lowest BCUT2D eigenvalue weighted by atomic mass is 9.88. The zero-order chi connectivity index (χ0) is 26.4. The second kappa shape index (κ2) is 13.2. The normalized spacial score (nSPS) is 38.8. The van der Waals surface area contributed by atoms with Crippen LogP contribution in [-0.4, -0.2) is 58.9 Å². The van der Waals surface area contributed by atoms with Crippen LogP contribution in [0.2, 0.25) is 0 Å². The Morgan fingerprint density at radius 1 is 1.14 bits per heavy atom. The summed E-state index contributed by atoms with van der Waals surface area (Å²) in [6.45, 7) is 8.54. The lowest BCUT2D eigenvalue weighted by molar-refractivity contribution is -0.148. The van der Waals surface area contributed by atoms with Gasteiger partial charge in [0.2, 0.25) is 0 Å². The Labute approximate surface area is 221 Å². The van der Waals surface area contributed by atoms with Crippen molar-refractivity contribution in [3.05, 3.63) is 60.3 Å². The second-order valence-corrected chi connectivity index (χ2v) is 11.5. The fourth-order valence-corrected chi connectivity index (χ4v) is 5.90. The summed E-state index contributed by atoms with van der Waals surface area (Å²) in [5.74, 6) is 0.278. The Morgan fingerprint density at radius 2 is 1.97 bits per heavy atom. The lowest BCUT2D eigenvalue weighted by Crippen LogP contribution is -2.32. The number of hydrogen-bond donors (Lipinski definition) is 2. The van der Waals surface area contributed by atoms with Gasteiger partial charge < -0.3 is 24.4 Å². The molecule has 2 N–H and O–H groups in total. The number of epoxide rings is 1. The molecule has 2 unspecified atom stereocenters. The van der Waals surface area contributed by atoms with Gasteiger partial charge in [-0.3, -0.25) is 0 Å². The van der Waals surface area contributed by atoms with E-state index < -0.39 is 24.3 Å². The number of aliphatic hydroxyl groups is 2. The number of esters is 1. The van der Waals surface area contributed by atoms with Crippen LogP contribution in [0.3, 0.4) is 0 Å². The molecular formula is C31H44O6. The third-order valence-electron chi connectivity index (χ3n) is 7.85. The number of aliphatic hydroxyl groups excluding tert-OH is 2. The Bertz CT molecular complexity index is 917. The lowest BCUT2D eigenvalue weighted by Gasteiger charge is -2.28. The molecule has 3 aliphatic heterocycles. The molecule has 37 heavy (non-hydrogen) atoms. The van der Waals surface area contributed by atoms with E-state index in [1.165, 1.54) is 11.6 Å². The van der Waals surface area contributed by atoms with Crippen molar-refractivity contribution in [2.75, 3.05) is 0 Å². The maximum atomic E-state index is 12.7. The van der Waals surface area contributed by atoms with Crippen LogP contribution in [0.25, 0.3) is 0 Å². The molecule has 1 aliphatic carbocycles. The van der Waals surface area contributed by atoms with E-state index in [-0.39, 0.29) is 24.4 Å². The van der Waals surface area contributed by atoms with Crippen molar-refractivity contribution in [2.45, 2.75) is 114 Å². The predicted octanol–water partition coefficient (Wildman–Crippen LogP) is 5.12. The van der Waals surface area contributed by atoms with Crippen molar-refractivity contribution in [3.8, 4) is 0 Å². The van der Waals surface area contributed by atoms with Gasteiger partial charge in [0.05, 0.1) is 24.4 Å². The molecular weight excluding hydrogens is 468 g/mol. The maximum absolute atomic E-state index is 12.7. The largest absolute Gasteiger partial charge is 0.456 e. The van der Waals surface area contributed by atoms with Gasteiger partial charge in [-0.15, -0.1) is 0 Å². The van der Waals surface area contributed by atoms with E-state index in [1.807, 2.05) is 6.08 Å². The highest BCUT2D eigenvalue weighted by Crippen LogP contribution is 2.35. The van der Waals surface area contributed by atoms with Gasteiger partial charge in [-0.05, 0) is 70.1 Å². The van der Waals surface area contributed by atoms with Crippen molar-refractivity contribution in [3.63, 3.8) is 0 Å². The number of hydrogen-bond acceptors (Lipinski definition) is 6. The van der Waals surface area contributed by atoms with Gasteiger partial charge in [-0.1, -0.05) is 61.1 Å². The fourth-order valence-electron chi connectivity index (χ4n) is 5.90. The standard InChI is InChI=1S/C31H44O6/c1-20-7-4-8-23(16-20)13-14-26(32)28-19-29-31(37-29)27(33)18-22(3)15-21(2)17-25-11-5-9-24(35-25)10-6-12-30(34)36-28/h5-7,9,12-14,21,23-29,31-33H,3-4,8,10-11,15-19H2,1-2H3/t21-,23?,24-,25-,26-,27-,28?,29-,31-/m0/s1. The molecule has 0 radical (unpaired) electrons. The van der Waals surface area contributed by atoms with Gasteiger partial charge in [0.15, 0.2) is 0 Å². The Kier molecular flexibility index (Phi) is 9.99. The Hall–Kier alpha value is -1.99. The first kappa shape index (κ1) is 28.0. The van der Waals surface area contributed by atoms with Crippen LogP contribution in [0, 0.1) is 11.8 Å². The molecule has 0 aromatic carbocycles. The summed E-state index contributed by atoms with van der Waals surface area (Å²) in [5, 5.41) is 21.7. The molecule has 3 heterocycles. The third-order valence-corrected chi connectivity index (χ3v) is 7.85. The van der Waals surface area contributed by atoms with E-state index in [2.05, 4.69) is 38.7 Å². The first-order chi connectivity index (χ1) is 17.8. The van der Waals surface area contributed by atoms with Crippen molar-refractivity contribution in [1.29, 1.82) is 0 Å². The summed E-state index contributed by atoms with van der Waals surface area (Å²) in [6, 6.07) is 0. The second-order valence-electron chi connectivity index (χ2n) is 11.5. The van der Waals surface area contributed by atoms with Gasteiger partial charge in [0, 0.05) is 12.5 Å². The first-order valence-corrected chi connectivity index (χ1v) is 14.0. The van der Waals surface area contributed by atoms with Crippen molar-refractivity contribution in [1.82, 2.24) is 0 Å². The topological polar surface area (TPSA) is 88.5 Å². The van der Waals surface area contributed by atoms with Crippen LogP contribution in [0.15, 0.2) is 60.3 Å². The number of carbonyl (C=O) groups is 1. The molecule has 0 amide bonds. The van der Waals surface area contributed by atoms with E-state index in [4.69, 9.17) is 14.2 Å². The van der Waals surface area contributed by atoms with Gasteiger partial charge in [0.25, 0.3) is 0 Å². The van der Waals surface area contributed by atoms with Gasteiger partial charge in [-0.25, -0.2) is 4.79 Å². The molecule has 1 fully saturated rings. The quantitative estimate of drug-likeness (QED) is 0.310. The number of cyclic esters (lactones) is 1. The minimum Gasteiger partial charge on any atom is -0.456 e. The zero-order valence-corrected chi connectivity index (χ0v) is 22.3. The Morgan fingerprint density at radius 3 is 2.78 bits per heavy atom. The van der Waals surface area contributed by atoms with Gasteiger partial charge in [0.1, 0.15) is 18.3 Å². The van der Waals surface area contributed by atoms with E-state index in [0.717, 1.165) is 44.1 Å². The molecule has 2 bridgehead atoms. The monoisotopic (exact) mass is 512 g/mol. The minimum absolute atomic E-state index is 0.0724. The van der Waals surface area contributed by atoms with Crippen LogP contribution in [0.5, 0.6) is 0 Å². The molecule has 0 spiro atoms. The molecule has 9 atom stereocenters. The van der Waals surface area contributed by atoms with E-state index in [9.17, 15) is 15.0 Å². The Balaban J connectivity index is 1.44. The maximum Gasteiger partial charge on any atom is 0.330 e. The summed E-state index contributed by atoms with van der Waals surface area (Å²) < 4.78 is 17.7. The number of rotatable bonds is 3. The third kappa shape index (κ3) is 8.78. The molecule has 6 nitrogen and oxygen atoms in total. The SMILES string of the molecule is C=C1C[C@H](C)C[C@@H]2CC=C[C@@H](CC=CC(=O)OC([C@@H](O)C=CC3CCC=C(C)C3)C[C@@H]3O[C@H]3[C@@H](O)C1)O2. The van der Waals surface area contributed by atoms with Crippen molar-refractivity contribution in [2.24, 2.45) is 11.8 Å². The van der Waals surface area contributed by atoms with Crippen LogP contribution in [-0.2, 0) is 19.0 Å². The summed E-state index contributed by atoms with van der Waals surface area (Å²) in [5.41, 5.74) is 2.37. The number of allylic oxidation sites excluding steroid dienone is 3. The molecule has 6 heteroatoms. The van der Waals surface area contributed by atoms with Gasteiger partial charge in [-0.2, -0.15) is 0 Å². The molecule has 4 aliphatic rings. The van der Waals surface area contributed by atoms with Crippen LogP contribution < -0.4 is 0 Å². The first-order valence-electron chi connectivity index (χ1n) is 14.0. The van der Waals surface area contributed by atoms with E-state index in [0.29, 0.717) is 31.1 Å². The predicted molar refractivity (Wildman–Crippen MR) is 144 cm³/mol. The molecule has 0 aromatic heterocycles. The molecule has 1 saturated heterocycles. The summed E-state index contributed by atoms with van der Waals surface area (Å²) in [7, 11) is 0. The summed E-state index contributed by atoms with van der Waals surface area (Å²) in [6.07, 6.45) is 17.7. The molecule has 204 valence electrons. The molecule has 0 aromatic rings. The van der Waals surface area contributed by atoms with Crippen LogP contribution >= 0.6 is 0 Å². The van der Waals surface area contributed by atoms with E-state index in [1.54, 1.807) is 12.2 Å². The highest BCUT2D eigenvalue weighted by Gasteiger charge is 2.46.